The number of amides is 1. The fourth-order valence-electron chi connectivity index (χ4n) is 2.90. The van der Waals surface area contributed by atoms with Gasteiger partial charge >= 0.3 is 0 Å². The first-order valence-electron chi connectivity index (χ1n) is 8.25. The van der Waals surface area contributed by atoms with Crippen molar-refractivity contribution >= 4 is 5.91 Å². The number of hydrogen-bond donors (Lipinski definition) is 1. The molecular weight excluding hydrogens is 262 g/mol. The zero-order chi connectivity index (χ0) is 15.1. The lowest BCUT2D eigenvalue weighted by Gasteiger charge is -2.21. The normalized spacial score (nSPS) is 17.8. The van der Waals surface area contributed by atoms with E-state index in [1.807, 2.05) is 31.2 Å². The lowest BCUT2D eigenvalue weighted by molar-refractivity contribution is -0.128. The molecule has 0 bridgehead atoms. The lowest BCUT2D eigenvalue weighted by atomic mass is 10.1. The average Bonchev–Trinajstić information content (AvgIpc) is 2.76. The van der Waals surface area contributed by atoms with Gasteiger partial charge in [0.1, 0.15) is 5.75 Å². The molecular formula is C18H27NO2. The topological polar surface area (TPSA) is 38.3 Å². The van der Waals surface area contributed by atoms with E-state index in [4.69, 9.17) is 4.74 Å². The standard InChI is InChI=1S/C18H27NO2/c1-3-15-10-8-9-13-17(15)21-14(2)18(20)19-16-11-6-4-5-7-12-16/h8-10,13-14,16H,3-7,11-12H2,1-2H3,(H,19,20)/t14-/m1/s1. The highest BCUT2D eigenvalue weighted by molar-refractivity contribution is 5.81. The van der Waals surface area contributed by atoms with Gasteiger partial charge in [0.2, 0.25) is 0 Å². The van der Waals surface area contributed by atoms with Crippen molar-refractivity contribution in [2.45, 2.75) is 70.9 Å². The van der Waals surface area contributed by atoms with Gasteiger partial charge in [0.25, 0.3) is 5.91 Å². The number of para-hydroxylation sites is 1. The summed E-state index contributed by atoms with van der Waals surface area (Å²) in [6.45, 7) is 3.93. The van der Waals surface area contributed by atoms with Gasteiger partial charge in [-0.2, -0.15) is 0 Å². The summed E-state index contributed by atoms with van der Waals surface area (Å²) in [5.41, 5.74) is 1.15. The largest absolute Gasteiger partial charge is 0.481 e. The first-order valence-corrected chi connectivity index (χ1v) is 8.25. The van der Waals surface area contributed by atoms with Gasteiger partial charge in [-0.25, -0.2) is 0 Å². The van der Waals surface area contributed by atoms with Crippen LogP contribution in [0.2, 0.25) is 0 Å². The lowest BCUT2D eigenvalue weighted by Crippen LogP contribution is -2.42. The van der Waals surface area contributed by atoms with Gasteiger partial charge in [-0.05, 0) is 37.8 Å². The molecule has 116 valence electrons. The molecule has 0 saturated heterocycles. The van der Waals surface area contributed by atoms with E-state index < -0.39 is 6.10 Å². The first kappa shape index (κ1) is 15.9. The van der Waals surface area contributed by atoms with Crippen LogP contribution >= 0.6 is 0 Å². The molecule has 21 heavy (non-hydrogen) atoms. The van der Waals surface area contributed by atoms with Gasteiger partial charge in [-0.15, -0.1) is 0 Å². The van der Waals surface area contributed by atoms with Crippen molar-refractivity contribution in [3.8, 4) is 5.75 Å². The van der Waals surface area contributed by atoms with Crippen molar-refractivity contribution in [1.29, 1.82) is 0 Å². The van der Waals surface area contributed by atoms with Gasteiger partial charge < -0.3 is 10.1 Å². The number of benzene rings is 1. The number of carbonyl (C=O) groups excluding carboxylic acids is 1. The second kappa shape index (κ2) is 8.06. The van der Waals surface area contributed by atoms with E-state index in [-0.39, 0.29) is 5.91 Å². The van der Waals surface area contributed by atoms with Crippen molar-refractivity contribution in [2.24, 2.45) is 0 Å². The molecule has 3 heteroatoms. The maximum Gasteiger partial charge on any atom is 0.260 e. The molecule has 1 atom stereocenters. The maximum atomic E-state index is 12.3. The number of ether oxygens (including phenoxy) is 1. The molecule has 0 aliphatic heterocycles. The quantitative estimate of drug-likeness (QED) is 0.836. The monoisotopic (exact) mass is 289 g/mol. The van der Waals surface area contributed by atoms with Crippen molar-refractivity contribution < 1.29 is 9.53 Å². The molecule has 1 aromatic carbocycles. The molecule has 3 nitrogen and oxygen atoms in total. The van der Waals surface area contributed by atoms with Crippen molar-refractivity contribution in [1.82, 2.24) is 5.32 Å². The van der Waals surface area contributed by atoms with E-state index >= 15 is 0 Å². The van der Waals surface area contributed by atoms with E-state index in [0.717, 1.165) is 30.6 Å². The molecule has 0 heterocycles. The third-order valence-corrected chi connectivity index (χ3v) is 4.23. The summed E-state index contributed by atoms with van der Waals surface area (Å²) in [4.78, 5) is 12.3. The van der Waals surface area contributed by atoms with E-state index in [9.17, 15) is 4.79 Å². The summed E-state index contributed by atoms with van der Waals surface area (Å²) >= 11 is 0. The SMILES string of the molecule is CCc1ccccc1O[C@H](C)C(=O)NC1CCCCCC1. The minimum absolute atomic E-state index is 0.00723. The van der Waals surface area contributed by atoms with Crippen LogP contribution in [0.1, 0.15) is 57.9 Å². The van der Waals surface area contributed by atoms with Crippen molar-refractivity contribution in [2.75, 3.05) is 0 Å². The molecule has 1 aromatic rings. The number of nitrogens with one attached hydrogen (secondary N) is 1. The minimum atomic E-state index is -0.444. The second-order valence-corrected chi connectivity index (χ2v) is 5.92. The van der Waals surface area contributed by atoms with Crippen molar-refractivity contribution in [3.05, 3.63) is 29.8 Å². The molecule has 1 fully saturated rings. The smallest absolute Gasteiger partial charge is 0.260 e. The Morgan fingerprint density at radius 3 is 2.57 bits per heavy atom. The summed E-state index contributed by atoms with van der Waals surface area (Å²) in [6, 6.07) is 8.26. The number of rotatable bonds is 5. The van der Waals surface area contributed by atoms with Gasteiger partial charge in [-0.1, -0.05) is 50.8 Å². The van der Waals surface area contributed by atoms with Crippen LogP contribution in [-0.2, 0) is 11.2 Å². The predicted molar refractivity (Wildman–Crippen MR) is 85.5 cm³/mol. The summed E-state index contributed by atoms with van der Waals surface area (Å²) in [7, 11) is 0. The Balaban J connectivity index is 1.89. The molecule has 0 spiro atoms. The third-order valence-electron chi connectivity index (χ3n) is 4.23. The Bertz CT molecular complexity index is 450. The Hall–Kier alpha value is -1.51. The Morgan fingerprint density at radius 1 is 1.24 bits per heavy atom. The Morgan fingerprint density at radius 2 is 1.90 bits per heavy atom. The molecule has 1 aliphatic carbocycles. The maximum absolute atomic E-state index is 12.3. The molecule has 2 rings (SSSR count). The zero-order valence-corrected chi connectivity index (χ0v) is 13.2. The molecule has 0 aromatic heterocycles. The fourth-order valence-corrected chi connectivity index (χ4v) is 2.90. The van der Waals surface area contributed by atoms with Crippen LogP contribution in [0.4, 0.5) is 0 Å². The van der Waals surface area contributed by atoms with Gasteiger partial charge in [0.05, 0.1) is 0 Å². The van der Waals surface area contributed by atoms with E-state index in [1.54, 1.807) is 0 Å². The second-order valence-electron chi connectivity index (χ2n) is 5.92. The highest BCUT2D eigenvalue weighted by Crippen LogP contribution is 2.20. The summed E-state index contributed by atoms with van der Waals surface area (Å²) in [6.07, 6.45) is 7.70. The Labute approximate surface area is 128 Å². The molecule has 0 unspecified atom stereocenters. The van der Waals surface area contributed by atoms with Crippen LogP contribution < -0.4 is 10.1 Å². The van der Waals surface area contributed by atoms with Crippen LogP contribution in [0.3, 0.4) is 0 Å². The van der Waals surface area contributed by atoms with Gasteiger partial charge in [0.15, 0.2) is 6.10 Å². The highest BCUT2D eigenvalue weighted by Gasteiger charge is 2.20. The van der Waals surface area contributed by atoms with E-state index in [0.29, 0.717) is 6.04 Å². The zero-order valence-electron chi connectivity index (χ0n) is 13.2. The molecule has 1 amide bonds. The molecule has 1 aliphatic rings. The third kappa shape index (κ3) is 4.76. The summed E-state index contributed by atoms with van der Waals surface area (Å²) < 4.78 is 5.86. The van der Waals surface area contributed by atoms with E-state index in [1.165, 1.54) is 25.7 Å². The number of hydrogen-bond acceptors (Lipinski definition) is 2. The molecule has 1 N–H and O–H groups in total. The first-order chi connectivity index (χ1) is 10.2. The van der Waals surface area contributed by atoms with Crippen LogP contribution in [0.15, 0.2) is 24.3 Å². The van der Waals surface area contributed by atoms with Crippen LogP contribution in [-0.4, -0.2) is 18.1 Å². The minimum Gasteiger partial charge on any atom is -0.481 e. The molecule has 0 radical (unpaired) electrons. The Kier molecular flexibility index (Phi) is 6.09. The summed E-state index contributed by atoms with van der Waals surface area (Å²) in [5.74, 6) is 0.830. The van der Waals surface area contributed by atoms with Gasteiger partial charge in [-0.3, -0.25) is 4.79 Å². The average molecular weight is 289 g/mol. The fraction of sp³-hybridized carbons (Fsp3) is 0.611. The van der Waals surface area contributed by atoms with Crippen LogP contribution in [0.5, 0.6) is 5.75 Å². The summed E-state index contributed by atoms with van der Waals surface area (Å²) in [5, 5.41) is 3.15. The van der Waals surface area contributed by atoms with Crippen LogP contribution in [0, 0.1) is 0 Å². The predicted octanol–water partition coefficient (Wildman–Crippen LogP) is 3.86. The van der Waals surface area contributed by atoms with Gasteiger partial charge in [0, 0.05) is 6.04 Å². The van der Waals surface area contributed by atoms with E-state index in [2.05, 4.69) is 12.2 Å². The highest BCUT2D eigenvalue weighted by atomic mass is 16.5. The van der Waals surface area contributed by atoms with Crippen molar-refractivity contribution in [3.63, 3.8) is 0 Å². The number of aryl methyl sites for hydroxylation is 1. The molecule has 1 saturated carbocycles. The van der Waals surface area contributed by atoms with Crippen LogP contribution in [0.25, 0.3) is 0 Å². The number of carbonyl (C=O) groups is 1.